The lowest BCUT2D eigenvalue weighted by atomic mass is 10.1. The van der Waals surface area contributed by atoms with Crippen molar-refractivity contribution in [2.75, 3.05) is 131 Å². The van der Waals surface area contributed by atoms with Gasteiger partial charge in [-0.05, 0) is 148 Å². The van der Waals surface area contributed by atoms with Crippen LogP contribution in [0.25, 0.3) is 0 Å². The molecule has 0 rings (SSSR count). The molecule has 0 aromatic rings. The molecule has 0 aliphatic heterocycles. The molecule has 14 unspecified atom stereocenters. The van der Waals surface area contributed by atoms with E-state index in [0.29, 0.717) is 25.7 Å². The minimum atomic E-state index is -1.26. The van der Waals surface area contributed by atoms with Crippen molar-refractivity contribution >= 4 is 82.7 Å². The topological polar surface area (TPSA) is 441 Å². The summed E-state index contributed by atoms with van der Waals surface area (Å²) < 4.78 is 0. The number of aliphatic hydroxyl groups is 6. The van der Waals surface area contributed by atoms with Crippen molar-refractivity contribution in [1.29, 1.82) is 0 Å². The van der Waals surface area contributed by atoms with Gasteiger partial charge in [-0.3, -0.25) is 67.1 Å². The molecule has 113 heavy (non-hydrogen) atoms. The molecule has 0 saturated carbocycles. The molecular formula is C78H145N15O20. The van der Waals surface area contributed by atoms with Gasteiger partial charge in [-0.15, -0.1) is 0 Å². The Morgan fingerprint density at radius 2 is 0.381 bits per heavy atom. The van der Waals surface area contributed by atoms with E-state index in [1.165, 1.54) is 75.8 Å². The molecule has 35 heteroatoms. The molecule has 0 spiro atoms. The van der Waals surface area contributed by atoms with Gasteiger partial charge in [0.15, 0.2) is 0 Å². The fourth-order valence-electron chi connectivity index (χ4n) is 12.1. The summed E-state index contributed by atoms with van der Waals surface area (Å²) in [6.45, 7) is 25.8. The van der Waals surface area contributed by atoms with Crippen LogP contribution in [-0.2, 0) is 67.1 Å². The number of nitrogens with zero attached hydrogens (tertiary/aromatic N) is 13. The normalized spacial score (nSPS) is 15.1. The van der Waals surface area contributed by atoms with Crippen LogP contribution in [0.2, 0.25) is 0 Å². The van der Waals surface area contributed by atoms with E-state index in [9.17, 15) is 97.8 Å². The Morgan fingerprint density at radius 3 is 0.549 bits per heavy atom. The zero-order valence-electron chi connectivity index (χ0n) is 72.2. The molecule has 0 aromatic carbocycles. The summed E-state index contributed by atoms with van der Waals surface area (Å²) in [5.41, 5.74) is 5.47. The molecule has 0 aromatic heterocycles. The molecule has 0 heterocycles. The van der Waals surface area contributed by atoms with Crippen molar-refractivity contribution in [3.63, 3.8) is 0 Å². The Hall–Kier alpha value is -7.70. The van der Waals surface area contributed by atoms with E-state index in [1.54, 1.807) is 83.1 Å². The van der Waals surface area contributed by atoms with Crippen LogP contribution < -0.4 is 11.1 Å². The second-order valence-electron chi connectivity index (χ2n) is 30.8. The van der Waals surface area contributed by atoms with Gasteiger partial charge in [0.1, 0.15) is 39.3 Å². The van der Waals surface area contributed by atoms with E-state index in [-0.39, 0.29) is 56.9 Å². The number of primary amides is 1. The summed E-state index contributed by atoms with van der Waals surface area (Å²) in [4.78, 5) is 214. The molecule has 0 aliphatic rings. The van der Waals surface area contributed by atoms with Gasteiger partial charge in [-0.1, -0.05) is 55.4 Å². The third kappa shape index (κ3) is 38.1. The van der Waals surface area contributed by atoms with Gasteiger partial charge in [-0.2, -0.15) is 0 Å². The van der Waals surface area contributed by atoms with E-state index in [0.717, 1.165) is 35.8 Å². The summed E-state index contributed by atoms with van der Waals surface area (Å²) in [6, 6.07) is -4.00. The fraction of sp³-hybridized carbons (Fsp3) is 0.821. The average molecular weight is 1610 g/mol. The number of nitrogens with two attached hydrogens (primary N) is 1. The minimum absolute atomic E-state index is 0.0211. The highest BCUT2D eigenvalue weighted by Gasteiger charge is 2.38. The van der Waals surface area contributed by atoms with Crippen molar-refractivity contribution in [3.05, 3.63) is 0 Å². The molecule has 0 saturated heterocycles. The van der Waals surface area contributed by atoms with Gasteiger partial charge in [0.2, 0.25) is 82.7 Å². The van der Waals surface area contributed by atoms with E-state index >= 15 is 0 Å². The molecule has 0 radical (unpaired) electrons. The van der Waals surface area contributed by atoms with Crippen molar-refractivity contribution in [2.45, 2.75) is 289 Å². The number of carbonyl (C=O) groups excluding carboxylic acids is 14. The second kappa shape index (κ2) is 53.5. The predicted molar refractivity (Wildman–Crippen MR) is 427 cm³/mol. The lowest BCUT2D eigenvalue weighted by molar-refractivity contribution is -0.152. The van der Waals surface area contributed by atoms with Crippen LogP contribution in [0.15, 0.2) is 0 Å². The monoisotopic (exact) mass is 1610 g/mol. The van der Waals surface area contributed by atoms with Crippen LogP contribution in [0.5, 0.6) is 0 Å². The highest BCUT2D eigenvalue weighted by atomic mass is 16.3. The van der Waals surface area contributed by atoms with Crippen molar-refractivity contribution in [1.82, 2.24) is 69.0 Å². The zero-order chi connectivity index (χ0) is 87.2. The second-order valence-corrected chi connectivity index (χ2v) is 30.8. The van der Waals surface area contributed by atoms with E-state index in [2.05, 4.69) is 5.32 Å². The Morgan fingerprint density at radius 1 is 0.230 bits per heavy atom. The third-order valence-corrected chi connectivity index (χ3v) is 20.5. The highest BCUT2D eigenvalue weighted by molar-refractivity contribution is 5.96. The van der Waals surface area contributed by atoms with Gasteiger partial charge in [0.05, 0.1) is 89.0 Å². The standard InChI is InChI=1S/C78H145N15O20/c1-23-51(9)80-31-66(101)88(53(11)25-3)45-70(105)81(32-59(17)94)39-67(102)85(36-63(21)98)43-74(109)92(57(15)29-7)49-77(112)90(55(13)27-5)47-72(107)83(34-61(19)96)41-69(104)86(37-64(22)99)44-75(110)93(58(16)30-8)50-78(113)89(54(12)26-4)46-71(106)82(33-60(18)95)40-68(103)84(35-62(20)97)42-73(108)91(56(14)28-6)48-76(111)87(38-65(79)100)52(10)24-2/h51-64,80,94-99H,23-50H2,1-22H3,(H2,79,100). The van der Waals surface area contributed by atoms with Gasteiger partial charge >= 0.3 is 0 Å². The van der Waals surface area contributed by atoms with Crippen molar-refractivity contribution < 1.29 is 97.8 Å². The smallest absolute Gasteiger partial charge is 0.242 e. The zero-order valence-corrected chi connectivity index (χ0v) is 72.2. The maximum absolute atomic E-state index is 14.8. The van der Waals surface area contributed by atoms with Crippen LogP contribution in [0.1, 0.15) is 204 Å². The molecule has 0 bridgehead atoms. The lowest BCUT2D eigenvalue weighted by Crippen LogP contribution is -2.56. The number of amides is 14. The summed E-state index contributed by atoms with van der Waals surface area (Å²) in [5.74, 6) is -10.1. The van der Waals surface area contributed by atoms with E-state index in [4.69, 9.17) is 5.73 Å². The number of hydrogen-bond donors (Lipinski definition) is 8. The summed E-state index contributed by atoms with van der Waals surface area (Å²) in [5, 5.41) is 67.3. The lowest BCUT2D eigenvalue weighted by Gasteiger charge is -2.37. The number of nitrogens with one attached hydrogen (secondary N) is 1. The Balaban J connectivity index is 7.23. The minimum Gasteiger partial charge on any atom is -0.392 e. The predicted octanol–water partition coefficient (Wildman–Crippen LogP) is -0.494. The molecule has 0 aliphatic carbocycles. The molecule has 14 atom stereocenters. The molecular weight excluding hydrogens is 1470 g/mol. The van der Waals surface area contributed by atoms with Crippen LogP contribution >= 0.6 is 0 Å². The first-order chi connectivity index (χ1) is 52.6. The number of rotatable bonds is 56. The Labute approximate surface area is 672 Å². The van der Waals surface area contributed by atoms with Crippen molar-refractivity contribution in [2.24, 2.45) is 5.73 Å². The molecule has 14 amide bonds. The maximum Gasteiger partial charge on any atom is 0.242 e. The summed E-state index contributed by atoms with van der Waals surface area (Å²) in [6.07, 6.45) is -3.94. The summed E-state index contributed by atoms with van der Waals surface area (Å²) >= 11 is 0. The molecule has 0 fully saturated rings. The van der Waals surface area contributed by atoms with Crippen LogP contribution in [-0.4, -0.2) is 393 Å². The number of carbonyl (C=O) groups is 14. The fourth-order valence-corrected chi connectivity index (χ4v) is 12.1. The van der Waals surface area contributed by atoms with E-state index in [1.807, 2.05) is 27.7 Å². The first-order valence-corrected chi connectivity index (χ1v) is 40.5. The highest BCUT2D eigenvalue weighted by Crippen LogP contribution is 2.18. The van der Waals surface area contributed by atoms with Gasteiger partial charge in [-0.25, -0.2) is 0 Å². The average Bonchev–Trinajstić information content (AvgIpc) is 0.892. The third-order valence-electron chi connectivity index (χ3n) is 20.5. The Kier molecular flexibility index (Phi) is 49.8. The van der Waals surface area contributed by atoms with Crippen molar-refractivity contribution in [3.8, 4) is 0 Å². The molecule has 9 N–H and O–H groups in total. The quantitative estimate of drug-likeness (QED) is 0.0381. The number of aliphatic hydroxyl groups excluding tert-OH is 6. The summed E-state index contributed by atoms with van der Waals surface area (Å²) in [7, 11) is 0. The maximum atomic E-state index is 14.8. The van der Waals surface area contributed by atoms with E-state index < -0.39 is 261 Å². The number of hydrogen-bond acceptors (Lipinski definition) is 21. The van der Waals surface area contributed by atoms with Gasteiger partial charge in [0.25, 0.3) is 0 Å². The van der Waals surface area contributed by atoms with Crippen LogP contribution in [0.4, 0.5) is 0 Å². The largest absolute Gasteiger partial charge is 0.392 e. The first kappa shape index (κ1) is 105. The molecule has 35 nitrogen and oxygen atoms in total. The SMILES string of the molecule is CCC(C)NCC(=O)N(CC(=O)N(CC(=O)N(CC(=O)N(CC(=O)N(CC(=O)N(CC(=O)N(CC(=O)N(CC(=O)N(CC(=O)N(CC(=O)N(CC(=O)N(CC(=O)N(CC(N)=O)C(C)CC)C(C)CC)CC(C)O)CC(C)O)C(C)CC)C(C)CC)CC(C)O)CC(C)O)C(C)CC)C(C)CC)CC(C)O)CC(C)O)C(C)CC. The first-order valence-electron chi connectivity index (χ1n) is 40.5. The van der Waals surface area contributed by atoms with Crippen LogP contribution in [0, 0.1) is 0 Å². The van der Waals surface area contributed by atoms with Crippen LogP contribution in [0.3, 0.4) is 0 Å². The molecule has 652 valence electrons. The van der Waals surface area contributed by atoms with Gasteiger partial charge < -0.3 is 105 Å². The Bertz CT molecular complexity index is 3020. The van der Waals surface area contributed by atoms with Gasteiger partial charge in [0, 0.05) is 87.6 Å².